The zero-order chi connectivity index (χ0) is 18.0. The molecule has 2 aromatic carbocycles. The highest BCUT2D eigenvalue weighted by atomic mass is 35.5. The smallest absolute Gasteiger partial charge is 0.286 e. The van der Waals surface area contributed by atoms with Crippen LogP contribution in [0.2, 0.25) is 5.02 Å². The minimum absolute atomic E-state index is 0.113. The molecule has 0 fully saturated rings. The van der Waals surface area contributed by atoms with E-state index in [1.54, 1.807) is 12.1 Å². The molecule has 0 amide bonds. The van der Waals surface area contributed by atoms with Gasteiger partial charge in [-0.1, -0.05) is 41.9 Å². The first-order chi connectivity index (χ1) is 12.0. The summed E-state index contributed by atoms with van der Waals surface area (Å²) < 4.78 is 29.6. The molecule has 3 rings (SSSR count). The summed E-state index contributed by atoms with van der Waals surface area (Å²) in [7, 11) is -3.88. The van der Waals surface area contributed by atoms with E-state index in [9.17, 15) is 8.42 Å². The van der Waals surface area contributed by atoms with Crippen LogP contribution >= 0.6 is 11.6 Å². The van der Waals surface area contributed by atoms with Crippen molar-refractivity contribution in [1.82, 2.24) is 4.90 Å². The summed E-state index contributed by atoms with van der Waals surface area (Å²) in [5.41, 5.74) is 1.82. The second-order valence-electron chi connectivity index (χ2n) is 5.51. The first-order valence-electron chi connectivity index (χ1n) is 8.00. The van der Waals surface area contributed by atoms with Gasteiger partial charge in [0.25, 0.3) is 10.0 Å². The normalized spacial score (nSPS) is 15.6. The number of aliphatic imine (C=N–C) groups is 1. The van der Waals surface area contributed by atoms with E-state index in [1.165, 1.54) is 6.07 Å². The average molecular weight is 376 g/mol. The molecule has 0 aromatic heterocycles. The number of benzene rings is 2. The van der Waals surface area contributed by atoms with Gasteiger partial charge in [-0.2, -0.15) is 8.42 Å². The molecule has 0 unspecified atom stereocenters. The molecule has 1 heterocycles. The van der Waals surface area contributed by atoms with Gasteiger partial charge >= 0.3 is 0 Å². The van der Waals surface area contributed by atoms with Gasteiger partial charge in [0.05, 0.1) is 10.6 Å². The zero-order valence-electron chi connectivity index (χ0n) is 14.0. The van der Waals surface area contributed by atoms with E-state index >= 15 is 0 Å². The Morgan fingerprint density at radius 3 is 2.36 bits per heavy atom. The maximum absolute atomic E-state index is 12.8. The predicted octanol–water partition coefficient (Wildman–Crippen LogP) is 3.58. The molecule has 1 aliphatic rings. The molecule has 1 aliphatic heterocycles. The molecule has 7 heteroatoms. The lowest BCUT2D eigenvalue weighted by Crippen LogP contribution is -2.30. The molecular formula is C18H18ClN3O2S. The van der Waals surface area contributed by atoms with Crippen LogP contribution < -0.4 is 0 Å². The van der Waals surface area contributed by atoms with Gasteiger partial charge in [-0.05, 0) is 32.0 Å². The Morgan fingerprint density at radius 2 is 1.72 bits per heavy atom. The van der Waals surface area contributed by atoms with E-state index in [0.29, 0.717) is 29.4 Å². The summed E-state index contributed by atoms with van der Waals surface area (Å²) in [5.74, 6) is 0.191. The molecule has 0 bridgehead atoms. The number of rotatable bonds is 3. The van der Waals surface area contributed by atoms with Gasteiger partial charge in [0.15, 0.2) is 0 Å². The fourth-order valence-electron chi connectivity index (χ4n) is 2.70. The van der Waals surface area contributed by atoms with Crippen LogP contribution in [0.3, 0.4) is 0 Å². The third-order valence-electron chi connectivity index (χ3n) is 3.98. The molecule has 0 spiro atoms. The van der Waals surface area contributed by atoms with Gasteiger partial charge in [-0.3, -0.25) is 0 Å². The fraction of sp³-hybridized carbons (Fsp3) is 0.222. The van der Waals surface area contributed by atoms with Crippen LogP contribution in [-0.4, -0.2) is 38.1 Å². The maximum Gasteiger partial charge on any atom is 0.286 e. The topological polar surface area (TPSA) is 62.1 Å². The summed E-state index contributed by atoms with van der Waals surface area (Å²) in [6.07, 6.45) is 0. The summed E-state index contributed by atoms with van der Waals surface area (Å²) >= 11 is 6.13. The van der Waals surface area contributed by atoms with Gasteiger partial charge in [0.1, 0.15) is 0 Å². The summed E-state index contributed by atoms with van der Waals surface area (Å²) in [6, 6.07) is 14.1. The Morgan fingerprint density at radius 1 is 1.04 bits per heavy atom. The summed E-state index contributed by atoms with van der Waals surface area (Å²) in [5, 5.41) is 0.448. The van der Waals surface area contributed by atoms with Crippen LogP contribution in [0.5, 0.6) is 0 Å². The number of hydrogen-bond donors (Lipinski definition) is 0. The molecule has 5 nitrogen and oxygen atoms in total. The molecule has 130 valence electrons. The Labute approximate surface area is 152 Å². The minimum atomic E-state index is -3.88. The van der Waals surface area contributed by atoms with Crippen molar-refractivity contribution in [3.8, 4) is 0 Å². The molecule has 0 aliphatic carbocycles. The van der Waals surface area contributed by atoms with Crippen molar-refractivity contribution < 1.29 is 8.42 Å². The highest BCUT2D eigenvalue weighted by molar-refractivity contribution is 7.90. The van der Waals surface area contributed by atoms with Gasteiger partial charge in [-0.25, -0.2) is 4.99 Å². The van der Waals surface area contributed by atoms with Crippen LogP contribution in [-0.2, 0) is 10.0 Å². The third-order valence-corrected chi connectivity index (χ3v) is 5.53. The Balaban J connectivity index is 2.33. The standard InChI is InChI=1S/C18H18ClN3O2S/c1-3-22(4-2)18-20-17(13-8-6-5-7-9-13)15-12-14(19)10-11-16(15)25(23,24)21-18/h5-12H,3-4H2,1-2H3. The number of sulfonamides is 1. The SMILES string of the molecule is CCN(CC)C1=NS(=O)(=O)c2ccc(Cl)cc2C(c2ccccc2)=N1. The van der Waals surface area contributed by atoms with E-state index in [4.69, 9.17) is 11.6 Å². The van der Waals surface area contributed by atoms with Crippen molar-refractivity contribution in [2.24, 2.45) is 9.39 Å². The van der Waals surface area contributed by atoms with Gasteiger partial charge in [0.2, 0.25) is 5.96 Å². The zero-order valence-corrected chi connectivity index (χ0v) is 15.5. The first-order valence-corrected chi connectivity index (χ1v) is 9.82. The van der Waals surface area contributed by atoms with Gasteiger partial charge < -0.3 is 4.90 Å². The minimum Gasteiger partial charge on any atom is -0.341 e. The largest absolute Gasteiger partial charge is 0.341 e. The second-order valence-corrected chi connectivity index (χ2v) is 7.51. The van der Waals surface area contributed by atoms with Crippen LogP contribution in [0.4, 0.5) is 0 Å². The van der Waals surface area contributed by atoms with Crippen molar-refractivity contribution in [3.63, 3.8) is 0 Å². The van der Waals surface area contributed by atoms with Gasteiger partial charge in [-0.15, -0.1) is 4.40 Å². The number of hydrogen-bond acceptors (Lipinski definition) is 4. The lowest BCUT2D eigenvalue weighted by molar-refractivity contribution is 0.461. The average Bonchev–Trinajstić information content (AvgIpc) is 2.71. The first kappa shape index (κ1) is 17.6. The summed E-state index contributed by atoms with van der Waals surface area (Å²) in [6.45, 7) is 5.08. The molecular weight excluding hydrogens is 358 g/mol. The van der Waals surface area contributed by atoms with E-state index in [0.717, 1.165) is 5.56 Å². The number of guanidine groups is 1. The van der Waals surface area contributed by atoms with Gasteiger partial charge in [0, 0.05) is 29.2 Å². The number of halogens is 1. The van der Waals surface area contributed by atoms with E-state index in [1.807, 2.05) is 49.1 Å². The molecule has 0 radical (unpaired) electrons. The molecule has 0 saturated carbocycles. The predicted molar refractivity (Wildman–Crippen MR) is 101 cm³/mol. The highest BCUT2D eigenvalue weighted by Crippen LogP contribution is 2.28. The van der Waals surface area contributed by atoms with Crippen LogP contribution in [0.25, 0.3) is 0 Å². The summed E-state index contributed by atoms with van der Waals surface area (Å²) in [4.78, 5) is 6.55. The maximum atomic E-state index is 12.8. The molecule has 0 atom stereocenters. The number of fused-ring (bicyclic) bond motifs is 1. The molecule has 2 aromatic rings. The molecule has 25 heavy (non-hydrogen) atoms. The molecule has 0 saturated heterocycles. The highest BCUT2D eigenvalue weighted by Gasteiger charge is 2.27. The third kappa shape index (κ3) is 3.45. The van der Waals surface area contributed by atoms with Crippen LogP contribution in [0.15, 0.2) is 62.8 Å². The van der Waals surface area contributed by atoms with Crippen molar-refractivity contribution in [2.45, 2.75) is 18.7 Å². The lowest BCUT2D eigenvalue weighted by Gasteiger charge is -2.19. The van der Waals surface area contributed by atoms with E-state index < -0.39 is 10.0 Å². The second kappa shape index (κ2) is 6.98. The quantitative estimate of drug-likeness (QED) is 0.823. The Hall–Kier alpha value is -2.18. The van der Waals surface area contributed by atoms with E-state index in [-0.39, 0.29) is 10.9 Å². The van der Waals surface area contributed by atoms with Crippen molar-refractivity contribution in [3.05, 3.63) is 64.7 Å². The van der Waals surface area contributed by atoms with Crippen LogP contribution in [0.1, 0.15) is 25.0 Å². The van der Waals surface area contributed by atoms with Crippen molar-refractivity contribution in [1.29, 1.82) is 0 Å². The Bertz CT molecular complexity index is 950. The Kier molecular flexibility index (Phi) is 4.92. The van der Waals surface area contributed by atoms with E-state index in [2.05, 4.69) is 9.39 Å². The molecule has 0 N–H and O–H groups in total. The van der Waals surface area contributed by atoms with Crippen molar-refractivity contribution >= 4 is 33.3 Å². The van der Waals surface area contributed by atoms with Crippen molar-refractivity contribution in [2.75, 3.05) is 13.1 Å². The lowest BCUT2D eigenvalue weighted by atomic mass is 10.0. The fourth-order valence-corrected chi connectivity index (χ4v) is 4.02. The number of nitrogens with zero attached hydrogens (tertiary/aromatic N) is 3. The van der Waals surface area contributed by atoms with Crippen LogP contribution in [0, 0.1) is 0 Å². The monoisotopic (exact) mass is 375 g/mol.